The van der Waals surface area contributed by atoms with Crippen LogP contribution in [-0.4, -0.2) is 26.6 Å². The van der Waals surface area contributed by atoms with Gasteiger partial charge in [-0.1, -0.05) is 0 Å². The molecule has 2 aromatic heterocycles. The number of hydrogen-bond acceptors (Lipinski definition) is 6. The maximum absolute atomic E-state index is 14.0. The summed E-state index contributed by atoms with van der Waals surface area (Å²) in [5, 5.41) is 12.4. The van der Waals surface area contributed by atoms with Gasteiger partial charge in [0, 0.05) is 18.3 Å². The Balaban J connectivity index is 2.34. The summed E-state index contributed by atoms with van der Waals surface area (Å²) >= 11 is 1.43. The van der Waals surface area contributed by atoms with Gasteiger partial charge in [-0.25, -0.2) is 14.4 Å². The van der Waals surface area contributed by atoms with Gasteiger partial charge in [0.05, 0.1) is 33.3 Å². The van der Waals surface area contributed by atoms with Crippen molar-refractivity contribution in [2.45, 2.75) is 20.8 Å². The molecule has 0 fully saturated rings. The summed E-state index contributed by atoms with van der Waals surface area (Å²) in [6, 6.07) is 2.10. The van der Waals surface area contributed by atoms with Crippen LogP contribution in [0.5, 0.6) is 5.75 Å². The molecular weight excluding hydrogens is 347 g/mol. The highest BCUT2D eigenvalue weighted by Gasteiger charge is 2.27. The zero-order valence-corrected chi connectivity index (χ0v) is 14.8. The molecule has 1 aromatic carbocycles. The molecular formula is C16H15FN4O3S. The average Bonchev–Trinajstić information content (AvgIpc) is 3.07. The van der Waals surface area contributed by atoms with Crippen molar-refractivity contribution < 1.29 is 14.1 Å². The smallest absolute Gasteiger partial charge is 0.334 e. The minimum absolute atomic E-state index is 0.0582. The minimum Gasteiger partial charge on any atom is -0.490 e. The molecule has 3 rings (SSSR count). The highest BCUT2D eigenvalue weighted by atomic mass is 32.1. The SMILES string of the molecule is COc1cc(F)cc(-n2cc(C)nc2-c2sc(C)nc2C)c1[N+](=O)[O-]. The molecule has 0 atom stereocenters. The fourth-order valence-corrected chi connectivity index (χ4v) is 3.57. The Labute approximate surface area is 146 Å². The number of aryl methyl sites for hydroxylation is 3. The van der Waals surface area contributed by atoms with Gasteiger partial charge in [0.1, 0.15) is 11.5 Å². The molecule has 0 saturated heterocycles. The monoisotopic (exact) mass is 362 g/mol. The largest absolute Gasteiger partial charge is 0.490 e. The molecule has 25 heavy (non-hydrogen) atoms. The molecule has 0 aliphatic rings. The molecule has 0 bridgehead atoms. The highest BCUT2D eigenvalue weighted by molar-refractivity contribution is 7.15. The van der Waals surface area contributed by atoms with Gasteiger partial charge in [0.25, 0.3) is 0 Å². The summed E-state index contributed by atoms with van der Waals surface area (Å²) < 4.78 is 20.5. The molecule has 0 radical (unpaired) electrons. The predicted octanol–water partition coefficient (Wildman–Crippen LogP) is 3.98. The summed E-state index contributed by atoms with van der Waals surface area (Å²) in [6.45, 7) is 5.48. The van der Waals surface area contributed by atoms with Crippen molar-refractivity contribution in [2.75, 3.05) is 7.11 Å². The van der Waals surface area contributed by atoms with Crippen LogP contribution in [0.1, 0.15) is 16.4 Å². The molecule has 130 valence electrons. The summed E-state index contributed by atoms with van der Waals surface area (Å²) in [5.74, 6) is -0.294. The molecule has 0 unspecified atom stereocenters. The van der Waals surface area contributed by atoms with Crippen LogP contribution in [0.15, 0.2) is 18.3 Å². The Hall–Kier alpha value is -2.81. The van der Waals surface area contributed by atoms with E-state index in [0.717, 1.165) is 27.7 Å². The van der Waals surface area contributed by atoms with Crippen LogP contribution in [0.3, 0.4) is 0 Å². The van der Waals surface area contributed by atoms with E-state index in [-0.39, 0.29) is 17.1 Å². The third kappa shape index (κ3) is 2.98. The number of aromatic nitrogens is 3. The first-order chi connectivity index (χ1) is 11.8. The molecule has 2 heterocycles. The highest BCUT2D eigenvalue weighted by Crippen LogP contribution is 2.38. The van der Waals surface area contributed by atoms with Crippen LogP contribution in [0, 0.1) is 36.7 Å². The van der Waals surface area contributed by atoms with E-state index in [2.05, 4.69) is 9.97 Å². The van der Waals surface area contributed by atoms with Gasteiger partial charge >= 0.3 is 5.69 Å². The van der Waals surface area contributed by atoms with E-state index in [0.29, 0.717) is 11.5 Å². The van der Waals surface area contributed by atoms with Gasteiger partial charge in [0.15, 0.2) is 5.82 Å². The number of benzene rings is 1. The Morgan fingerprint density at radius 1 is 1.28 bits per heavy atom. The number of hydrogen-bond donors (Lipinski definition) is 0. The van der Waals surface area contributed by atoms with Gasteiger partial charge < -0.3 is 4.74 Å². The molecule has 0 saturated carbocycles. The van der Waals surface area contributed by atoms with E-state index >= 15 is 0 Å². The van der Waals surface area contributed by atoms with Gasteiger partial charge in [-0.2, -0.15) is 0 Å². The molecule has 0 amide bonds. The number of thiazole rings is 1. The van der Waals surface area contributed by atoms with Gasteiger partial charge in [-0.3, -0.25) is 14.7 Å². The van der Waals surface area contributed by atoms with Gasteiger partial charge in [0.2, 0.25) is 5.75 Å². The van der Waals surface area contributed by atoms with E-state index in [1.807, 2.05) is 13.8 Å². The fourth-order valence-electron chi connectivity index (χ4n) is 2.66. The first-order valence-corrected chi connectivity index (χ1v) is 8.16. The van der Waals surface area contributed by atoms with E-state index in [4.69, 9.17) is 4.74 Å². The number of nitro groups is 1. The number of ether oxygens (including phenoxy) is 1. The molecule has 7 nitrogen and oxygen atoms in total. The first-order valence-electron chi connectivity index (χ1n) is 7.34. The maximum atomic E-state index is 14.0. The third-order valence-electron chi connectivity index (χ3n) is 3.61. The lowest BCUT2D eigenvalue weighted by atomic mass is 10.2. The van der Waals surface area contributed by atoms with Crippen LogP contribution in [-0.2, 0) is 0 Å². The lowest BCUT2D eigenvalue weighted by molar-refractivity contribution is -0.385. The van der Waals surface area contributed by atoms with E-state index in [1.165, 1.54) is 23.0 Å². The van der Waals surface area contributed by atoms with Crippen LogP contribution < -0.4 is 4.74 Å². The fraction of sp³-hybridized carbons (Fsp3) is 0.250. The quantitative estimate of drug-likeness (QED) is 0.518. The third-order valence-corrected chi connectivity index (χ3v) is 4.68. The number of halogens is 1. The Bertz CT molecular complexity index is 980. The van der Waals surface area contributed by atoms with Crippen molar-refractivity contribution in [2.24, 2.45) is 0 Å². The second kappa shape index (κ2) is 6.25. The second-order valence-electron chi connectivity index (χ2n) is 5.46. The summed E-state index contributed by atoms with van der Waals surface area (Å²) in [4.78, 5) is 20.6. The van der Waals surface area contributed by atoms with E-state index in [9.17, 15) is 14.5 Å². The Morgan fingerprint density at radius 2 is 2.00 bits per heavy atom. The van der Waals surface area contributed by atoms with Crippen molar-refractivity contribution in [3.8, 4) is 22.1 Å². The molecule has 0 N–H and O–H groups in total. The standard InChI is InChI=1S/C16H15FN4O3S/c1-8-7-20(16(18-8)15-9(2)19-10(3)25-15)12-5-11(17)6-13(24-4)14(12)21(22)23/h5-7H,1-4H3. The first kappa shape index (κ1) is 17.0. The van der Waals surface area contributed by atoms with E-state index < -0.39 is 10.7 Å². The van der Waals surface area contributed by atoms with Crippen molar-refractivity contribution in [1.82, 2.24) is 14.5 Å². The number of nitrogens with zero attached hydrogens (tertiary/aromatic N) is 4. The van der Waals surface area contributed by atoms with Crippen molar-refractivity contribution in [1.29, 1.82) is 0 Å². The molecule has 0 spiro atoms. The van der Waals surface area contributed by atoms with Gasteiger partial charge in [-0.15, -0.1) is 11.3 Å². The predicted molar refractivity (Wildman–Crippen MR) is 92.0 cm³/mol. The molecule has 3 aromatic rings. The van der Waals surface area contributed by atoms with E-state index in [1.54, 1.807) is 13.1 Å². The van der Waals surface area contributed by atoms with Crippen molar-refractivity contribution in [3.05, 3.63) is 50.7 Å². The topological polar surface area (TPSA) is 83.1 Å². The Morgan fingerprint density at radius 3 is 2.56 bits per heavy atom. The summed E-state index contributed by atoms with van der Waals surface area (Å²) in [7, 11) is 1.27. The molecule has 0 aliphatic carbocycles. The number of rotatable bonds is 4. The van der Waals surface area contributed by atoms with Crippen molar-refractivity contribution in [3.63, 3.8) is 0 Å². The second-order valence-corrected chi connectivity index (χ2v) is 6.66. The zero-order valence-electron chi connectivity index (χ0n) is 14.0. The average molecular weight is 362 g/mol. The lowest BCUT2D eigenvalue weighted by Crippen LogP contribution is -2.04. The number of methoxy groups -OCH3 is 1. The Kier molecular flexibility index (Phi) is 4.25. The molecule has 0 aliphatic heterocycles. The van der Waals surface area contributed by atoms with Crippen LogP contribution in [0.2, 0.25) is 0 Å². The molecule has 9 heteroatoms. The number of nitro benzene ring substituents is 1. The zero-order chi connectivity index (χ0) is 18.3. The van der Waals surface area contributed by atoms with Crippen LogP contribution in [0.25, 0.3) is 16.4 Å². The minimum atomic E-state index is -0.632. The summed E-state index contributed by atoms with van der Waals surface area (Å²) in [5.41, 5.74) is 1.16. The van der Waals surface area contributed by atoms with Gasteiger partial charge in [-0.05, 0) is 20.8 Å². The van der Waals surface area contributed by atoms with Crippen molar-refractivity contribution >= 4 is 17.0 Å². The normalized spacial score (nSPS) is 10.9. The van der Waals surface area contributed by atoms with Crippen LogP contribution >= 0.6 is 11.3 Å². The number of imidazole rings is 1. The van der Waals surface area contributed by atoms with Crippen LogP contribution in [0.4, 0.5) is 10.1 Å². The maximum Gasteiger partial charge on any atom is 0.334 e. The summed E-state index contributed by atoms with van der Waals surface area (Å²) in [6.07, 6.45) is 1.63. The lowest BCUT2D eigenvalue weighted by Gasteiger charge is -2.10.